The smallest absolute Gasteiger partial charge is 0.243 e. The van der Waals surface area contributed by atoms with Gasteiger partial charge in [0.25, 0.3) is 0 Å². The van der Waals surface area contributed by atoms with E-state index in [0.29, 0.717) is 23.9 Å². The molecule has 2 aromatic carbocycles. The van der Waals surface area contributed by atoms with Crippen molar-refractivity contribution in [1.29, 1.82) is 0 Å². The molecular formula is C19H22FNO3S. The van der Waals surface area contributed by atoms with Crippen LogP contribution >= 0.6 is 0 Å². The number of halogens is 1. The maximum atomic E-state index is 13.1. The van der Waals surface area contributed by atoms with Crippen molar-refractivity contribution in [3.05, 3.63) is 65.5 Å². The Kier molecular flexibility index (Phi) is 5.22. The first-order valence-electron chi connectivity index (χ1n) is 8.32. The summed E-state index contributed by atoms with van der Waals surface area (Å²) in [7, 11) is -3.47. The molecule has 0 bridgehead atoms. The van der Waals surface area contributed by atoms with Crippen molar-refractivity contribution in [2.24, 2.45) is 0 Å². The molecule has 0 atom stereocenters. The Morgan fingerprint density at radius 3 is 2.44 bits per heavy atom. The summed E-state index contributed by atoms with van der Waals surface area (Å²) in [6.45, 7) is 5.06. The van der Waals surface area contributed by atoms with Crippen LogP contribution in [-0.2, 0) is 21.4 Å². The average Bonchev–Trinajstić information content (AvgIpc) is 2.53. The summed E-state index contributed by atoms with van der Waals surface area (Å²) >= 11 is 0. The summed E-state index contributed by atoms with van der Waals surface area (Å²) in [6, 6.07) is 13.2. The second kappa shape index (κ2) is 7.23. The van der Waals surface area contributed by atoms with Crippen molar-refractivity contribution in [3.8, 4) is 0 Å². The number of nitrogens with zero attached hydrogens (tertiary/aromatic N) is 1. The van der Waals surface area contributed by atoms with E-state index in [9.17, 15) is 12.8 Å². The van der Waals surface area contributed by atoms with Gasteiger partial charge in [-0.1, -0.05) is 38.1 Å². The van der Waals surface area contributed by atoms with Crippen molar-refractivity contribution in [1.82, 2.24) is 4.31 Å². The van der Waals surface area contributed by atoms with Gasteiger partial charge in [-0.05, 0) is 41.3 Å². The predicted octanol–water partition coefficient (Wildman–Crippen LogP) is 3.54. The van der Waals surface area contributed by atoms with Gasteiger partial charge in [-0.25, -0.2) is 12.8 Å². The fourth-order valence-electron chi connectivity index (χ4n) is 2.72. The van der Waals surface area contributed by atoms with Gasteiger partial charge >= 0.3 is 0 Å². The molecule has 0 amide bonds. The summed E-state index contributed by atoms with van der Waals surface area (Å²) < 4.78 is 45.4. The Bertz CT molecular complexity index is 828. The van der Waals surface area contributed by atoms with Gasteiger partial charge in [0.15, 0.2) is 0 Å². The molecule has 0 unspecified atom stereocenters. The van der Waals surface area contributed by atoms with Gasteiger partial charge in [0, 0.05) is 13.1 Å². The predicted molar refractivity (Wildman–Crippen MR) is 94.3 cm³/mol. The quantitative estimate of drug-likeness (QED) is 0.789. The first-order valence-corrected chi connectivity index (χ1v) is 9.76. The molecule has 1 fully saturated rings. The molecule has 1 saturated heterocycles. The average molecular weight is 363 g/mol. The third-order valence-electron chi connectivity index (χ3n) is 4.37. The van der Waals surface area contributed by atoms with Gasteiger partial charge in [-0.15, -0.1) is 0 Å². The fraction of sp³-hybridized carbons (Fsp3) is 0.368. The Morgan fingerprint density at radius 2 is 1.84 bits per heavy atom. The van der Waals surface area contributed by atoms with E-state index >= 15 is 0 Å². The molecule has 6 heteroatoms. The van der Waals surface area contributed by atoms with Crippen LogP contribution in [0, 0.1) is 5.82 Å². The zero-order valence-electron chi connectivity index (χ0n) is 14.4. The molecule has 0 saturated carbocycles. The minimum atomic E-state index is -3.47. The third-order valence-corrected chi connectivity index (χ3v) is 6.22. The zero-order chi connectivity index (χ0) is 18.0. The minimum absolute atomic E-state index is 0.159. The molecule has 0 N–H and O–H groups in total. The molecule has 4 nitrogen and oxygen atoms in total. The van der Waals surface area contributed by atoms with E-state index in [2.05, 4.69) is 13.8 Å². The molecule has 0 spiro atoms. The number of hydrogen-bond acceptors (Lipinski definition) is 3. The van der Waals surface area contributed by atoms with Crippen LogP contribution in [-0.4, -0.2) is 31.9 Å². The number of rotatable bonds is 6. The molecule has 134 valence electrons. The van der Waals surface area contributed by atoms with Crippen LogP contribution in [0.1, 0.15) is 30.9 Å². The van der Waals surface area contributed by atoms with Crippen molar-refractivity contribution < 1.29 is 17.5 Å². The molecule has 0 aliphatic carbocycles. The van der Waals surface area contributed by atoms with Gasteiger partial charge in [0.05, 0.1) is 17.6 Å². The van der Waals surface area contributed by atoms with Crippen molar-refractivity contribution in [2.75, 3.05) is 13.1 Å². The lowest BCUT2D eigenvalue weighted by Crippen LogP contribution is -2.54. The van der Waals surface area contributed by atoms with Crippen LogP contribution in [0.15, 0.2) is 53.4 Å². The largest absolute Gasteiger partial charge is 0.371 e. The maximum Gasteiger partial charge on any atom is 0.243 e. The molecule has 25 heavy (non-hydrogen) atoms. The van der Waals surface area contributed by atoms with Gasteiger partial charge in [0.1, 0.15) is 5.82 Å². The van der Waals surface area contributed by atoms with E-state index in [1.807, 2.05) is 12.1 Å². The number of benzene rings is 2. The van der Waals surface area contributed by atoms with E-state index in [-0.39, 0.29) is 18.5 Å². The van der Waals surface area contributed by atoms with Crippen LogP contribution < -0.4 is 0 Å². The SMILES string of the molecule is CC(C)c1ccc(S(=O)(=O)N2CC(OCc3cccc(F)c3)C2)cc1. The van der Waals surface area contributed by atoms with E-state index in [4.69, 9.17) is 4.74 Å². The maximum absolute atomic E-state index is 13.1. The van der Waals surface area contributed by atoms with Crippen molar-refractivity contribution >= 4 is 10.0 Å². The Balaban J connectivity index is 1.55. The molecule has 3 rings (SSSR count). The van der Waals surface area contributed by atoms with Gasteiger partial charge in [-0.3, -0.25) is 0 Å². The van der Waals surface area contributed by atoms with E-state index in [1.54, 1.807) is 24.3 Å². The molecule has 1 aliphatic heterocycles. The second-order valence-electron chi connectivity index (χ2n) is 6.61. The summed E-state index contributed by atoms with van der Waals surface area (Å²) in [4.78, 5) is 0.306. The first kappa shape index (κ1) is 18.0. The van der Waals surface area contributed by atoms with Crippen LogP contribution in [0.25, 0.3) is 0 Å². The van der Waals surface area contributed by atoms with E-state index < -0.39 is 10.0 Å². The summed E-state index contributed by atoms with van der Waals surface area (Å²) in [5.41, 5.74) is 1.85. The summed E-state index contributed by atoms with van der Waals surface area (Å²) in [5, 5.41) is 0. The van der Waals surface area contributed by atoms with Crippen LogP contribution in [0.3, 0.4) is 0 Å². The zero-order valence-corrected chi connectivity index (χ0v) is 15.2. The highest BCUT2D eigenvalue weighted by molar-refractivity contribution is 7.89. The molecule has 1 heterocycles. The van der Waals surface area contributed by atoms with Crippen LogP contribution in [0.4, 0.5) is 4.39 Å². The molecule has 2 aromatic rings. The fourth-order valence-corrected chi connectivity index (χ4v) is 4.22. The highest BCUT2D eigenvalue weighted by Gasteiger charge is 2.37. The van der Waals surface area contributed by atoms with Gasteiger partial charge < -0.3 is 4.74 Å². The van der Waals surface area contributed by atoms with Crippen molar-refractivity contribution in [3.63, 3.8) is 0 Å². The van der Waals surface area contributed by atoms with Crippen LogP contribution in [0.5, 0.6) is 0 Å². The summed E-state index contributed by atoms with van der Waals surface area (Å²) in [5.74, 6) is 0.0603. The molecule has 0 aromatic heterocycles. The normalized spacial score (nSPS) is 16.2. The van der Waals surface area contributed by atoms with Crippen molar-refractivity contribution in [2.45, 2.75) is 37.4 Å². The summed E-state index contributed by atoms with van der Waals surface area (Å²) in [6.07, 6.45) is -0.159. The standard InChI is InChI=1S/C19H22FNO3S/c1-14(2)16-6-8-19(9-7-16)25(22,23)21-11-18(12-21)24-13-15-4-3-5-17(20)10-15/h3-10,14,18H,11-13H2,1-2H3. The number of sulfonamides is 1. The lowest BCUT2D eigenvalue weighted by Gasteiger charge is -2.37. The van der Waals surface area contributed by atoms with Crippen LogP contribution in [0.2, 0.25) is 0 Å². The molecular weight excluding hydrogens is 341 g/mol. The highest BCUT2D eigenvalue weighted by Crippen LogP contribution is 2.25. The van der Waals surface area contributed by atoms with E-state index in [1.165, 1.54) is 16.4 Å². The van der Waals surface area contributed by atoms with Gasteiger partial charge in [-0.2, -0.15) is 4.31 Å². The number of hydrogen-bond donors (Lipinski definition) is 0. The Hall–Kier alpha value is -1.76. The van der Waals surface area contributed by atoms with E-state index in [0.717, 1.165) is 11.1 Å². The lowest BCUT2D eigenvalue weighted by molar-refractivity contribution is -0.0296. The second-order valence-corrected chi connectivity index (χ2v) is 8.55. The first-order chi connectivity index (χ1) is 11.9. The van der Waals surface area contributed by atoms with Gasteiger partial charge in [0.2, 0.25) is 10.0 Å². The topological polar surface area (TPSA) is 46.6 Å². The molecule has 1 aliphatic rings. The monoisotopic (exact) mass is 363 g/mol. The molecule has 0 radical (unpaired) electrons. The minimum Gasteiger partial charge on any atom is -0.371 e. The Labute approximate surface area is 148 Å². The third kappa shape index (κ3) is 4.08. The highest BCUT2D eigenvalue weighted by atomic mass is 32.2. The number of ether oxygens (including phenoxy) is 1. The lowest BCUT2D eigenvalue weighted by atomic mass is 10.0. The Morgan fingerprint density at radius 1 is 1.16 bits per heavy atom.